The molecule has 1 aliphatic carbocycles. The number of allylic oxidation sites excluding steroid dienone is 2. The fourth-order valence-electron chi connectivity index (χ4n) is 4.57. The summed E-state index contributed by atoms with van der Waals surface area (Å²) >= 11 is 0. The molecule has 1 atom stereocenters. The first kappa shape index (κ1) is 19.1. The number of rotatable bonds is 2. The van der Waals surface area contributed by atoms with Gasteiger partial charge in [-0.25, -0.2) is 0 Å². The van der Waals surface area contributed by atoms with Crippen LogP contribution in [0.5, 0.6) is 0 Å². The molecule has 2 aromatic carbocycles. The summed E-state index contributed by atoms with van der Waals surface area (Å²) in [6.45, 7) is 6.18. The maximum absolute atomic E-state index is 13.3. The minimum Gasteiger partial charge on any atom is -0.294 e. The van der Waals surface area contributed by atoms with Crippen molar-refractivity contribution in [2.45, 2.75) is 46.0 Å². The molecule has 1 unspecified atom stereocenters. The summed E-state index contributed by atoms with van der Waals surface area (Å²) in [5.41, 5.74) is 4.81. The van der Waals surface area contributed by atoms with Crippen LogP contribution < -0.4 is 4.90 Å². The molecular weight excluding hydrogens is 360 g/mol. The number of amides is 1. The van der Waals surface area contributed by atoms with E-state index in [9.17, 15) is 9.59 Å². The van der Waals surface area contributed by atoms with Crippen molar-refractivity contribution in [1.82, 2.24) is 0 Å². The van der Waals surface area contributed by atoms with Crippen LogP contribution in [0.15, 0.2) is 59.8 Å². The van der Waals surface area contributed by atoms with Gasteiger partial charge in [0.1, 0.15) is 0 Å². The molecule has 0 saturated heterocycles. The fraction of sp³-hybridized carbons (Fsp3) is 0.320. The van der Waals surface area contributed by atoms with Gasteiger partial charge in [-0.05, 0) is 48.6 Å². The van der Waals surface area contributed by atoms with E-state index < -0.39 is 0 Å². The van der Waals surface area contributed by atoms with Crippen LogP contribution in [-0.2, 0) is 9.59 Å². The zero-order chi connectivity index (χ0) is 20.8. The van der Waals surface area contributed by atoms with Gasteiger partial charge >= 0.3 is 0 Å². The van der Waals surface area contributed by atoms with Crippen molar-refractivity contribution in [1.29, 1.82) is 5.26 Å². The number of nitrogens with zero attached hydrogens (tertiary/aromatic N) is 2. The highest BCUT2D eigenvalue weighted by Gasteiger charge is 2.44. The zero-order valence-electron chi connectivity index (χ0n) is 17.0. The van der Waals surface area contributed by atoms with Crippen LogP contribution in [-0.4, -0.2) is 11.7 Å². The van der Waals surface area contributed by atoms with Gasteiger partial charge < -0.3 is 0 Å². The van der Waals surface area contributed by atoms with Crippen LogP contribution in [0.3, 0.4) is 0 Å². The number of hydrogen-bond acceptors (Lipinski definition) is 3. The molecule has 1 amide bonds. The first-order valence-corrected chi connectivity index (χ1v) is 9.95. The van der Waals surface area contributed by atoms with Crippen LogP contribution in [0, 0.1) is 23.7 Å². The highest BCUT2D eigenvalue weighted by atomic mass is 16.2. The molecule has 4 heteroatoms. The molecule has 2 aromatic rings. The van der Waals surface area contributed by atoms with Crippen molar-refractivity contribution in [3.63, 3.8) is 0 Å². The summed E-state index contributed by atoms with van der Waals surface area (Å²) in [6, 6.07) is 17.2. The molecule has 29 heavy (non-hydrogen) atoms. The van der Waals surface area contributed by atoms with Gasteiger partial charge in [-0.3, -0.25) is 14.5 Å². The maximum Gasteiger partial charge on any atom is 0.232 e. The Bertz CT molecular complexity index is 1070. The maximum atomic E-state index is 13.3. The van der Waals surface area contributed by atoms with E-state index in [2.05, 4.69) is 26.0 Å². The Balaban J connectivity index is 1.88. The second-order valence-electron chi connectivity index (χ2n) is 8.86. The lowest BCUT2D eigenvalue weighted by atomic mass is 9.69. The van der Waals surface area contributed by atoms with E-state index in [1.165, 1.54) is 0 Å². The quantitative estimate of drug-likeness (QED) is 0.729. The molecule has 1 heterocycles. The number of carbonyl (C=O) groups is 2. The number of aryl methyl sites for hydroxylation is 1. The first-order chi connectivity index (χ1) is 13.8. The summed E-state index contributed by atoms with van der Waals surface area (Å²) in [7, 11) is 0. The van der Waals surface area contributed by atoms with Crippen molar-refractivity contribution in [3.05, 3.63) is 76.5 Å². The molecule has 0 saturated carbocycles. The summed E-state index contributed by atoms with van der Waals surface area (Å²) in [5, 5.41) is 9.08. The largest absolute Gasteiger partial charge is 0.294 e. The normalized spacial score (nSPS) is 21.0. The van der Waals surface area contributed by atoms with E-state index in [0.29, 0.717) is 18.4 Å². The van der Waals surface area contributed by atoms with Crippen LogP contribution in [0.1, 0.15) is 55.7 Å². The molecule has 146 valence electrons. The second kappa shape index (κ2) is 7.00. The van der Waals surface area contributed by atoms with Gasteiger partial charge in [-0.15, -0.1) is 0 Å². The monoisotopic (exact) mass is 384 g/mol. The van der Waals surface area contributed by atoms with Gasteiger partial charge in [0.15, 0.2) is 5.78 Å². The van der Waals surface area contributed by atoms with Gasteiger partial charge in [-0.2, -0.15) is 5.26 Å². The number of carbonyl (C=O) groups excluding carboxylic acids is 2. The number of anilines is 1. The van der Waals surface area contributed by atoms with E-state index in [1.54, 1.807) is 29.2 Å². The van der Waals surface area contributed by atoms with Gasteiger partial charge in [0, 0.05) is 35.7 Å². The number of Topliss-reactive ketones (excluding diaryl/α,β-unsaturated/α-hetero) is 1. The van der Waals surface area contributed by atoms with E-state index in [0.717, 1.165) is 28.1 Å². The van der Waals surface area contributed by atoms with Crippen molar-refractivity contribution in [2.75, 3.05) is 4.90 Å². The fourth-order valence-corrected chi connectivity index (χ4v) is 4.57. The highest BCUT2D eigenvalue weighted by Crippen LogP contribution is 2.48. The molecule has 0 N–H and O–H groups in total. The third-order valence-corrected chi connectivity index (χ3v) is 5.84. The van der Waals surface area contributed by atoms with Crippen LogP contribution in [0.4, 0.5) is 5.69 Å². The van der Waals surface area contributed by atoms with E-state index >= 15 is 0 Å². The standard InChI is InChI=1S/C25H24N2O2/c1-16-5-4-6-18(11-16)20-12-23(29)27(19-9-7-17(15-26)8-10-19)21-13-25(2,3)14-22(28)24(20)21/h4-11,20H,12-14H2,1-3H3. The molecule has 0 radical (unpaired) electrons. The van der Waals surface area contributed by atoms with Gasteiger partial charge in [-0.1, -0.05) is 43.7 Å². The average Bonchev–Trinajstić information content (AvgIpc) is 2.66. The van der Waals surface area contributed by atoms with Crippen molar-refractivity contribution < 1.29 is 9.59 Å². The third-order valence-electron chi connectivity index (χ3n) is 5.84. The average molecular weight is 384 g/mol. The Morgan fingerprint density at radius 2 is 1.79 bits per heavy atom. The Hall–Kier alpha value is -3.19. The van der Waals surface area contributed by atoms with Gasteiger partial charge in [0.25, 0.3) is 0 Å². The number of nitriles is 1. The molecule has 0 aromatic heterocycles. The number of hydrogen-bond donors (Lipinski definition) is 0. The smallest absolute Gasteiger partial charge is 0.232 e. The highest BCUT2D eigenvalue weighted by molar-refractivity contribution is 6.07. The van der Waals surface area contributed by atoms with E-state index in [-0.39, 0.29) is 29.4 Å². The Labute approximate surface area is 171 Å². The molecule has 0 fully saturated rings. The number of ketones is 1. The first-order valence-electron chi connectivity index (χ1n) is 9.95. The van der Waals surface area contributed by atoms with Gasteiger partial charge in [0.05, 0.1) is 11.6 Å². The summed E-state index contributed by atoms with van der Waals surface area (Å²) in [5.74, 6) is -0.0741. The van der Waals surface area contributed by atoms with Crippen molar-refractivity contribution in [3.8, 4) is 6.07 Å². The summed E-state index contributed by atoms with van der Waals surface area (Å²) in [6.07, 6.45) is 1.43. The Morgan fingerprint density at radius 1 is 1.07 bits per heavy atom. The van der Waals surface area contributed by atoms with Crippen molar-refractivity contribution in [2.24, 2.45) is 5.41 Å². The molecule has 0 bridgehead atoms. The minimum atomic E-state index is -0.199. The molecule has 2 aliphatic rings. The molecule has 1 aliphatic heterocycles. The van der Waals surface area contributed by atoms with E-state index in [1.807, 2.05) is 25.1 Å². The predicted octanol–water partition coefficient (Wildman–Crippen LogP) is 5.03. The lowest BCUT2D eigenvalue weighted by Crippen LogP contribution is -2.43. The Morgan fingerprint density at radius 3 is 2.45 bits per heavy atom. The number of benzene rings is 2. The molecule has 4 rings (SSSR count). The van der Waals surface area contributed by atoms with Crippen LogP contribution in [0.2, 0.25) is 0 Å². The van der Waals surface area contributed by atoms with Crippen molar-refractivity contribution >= 4 is 17.4 Å². The molecular formula is C25H24N2O2. The second-order valence-corrected chi connectivity index (χ2v) is 8.86. The Kier molecular flexibility index (Phi) is 4.62. The summed E-state index contributed by atoms with van der Waals surface area (Å²) in [4.78, 5) is 28.3. The topological polar surface area (TPSA) is 61.2 Å². The van der Waals surface area contributed by atoms with E-state index in [4.69, 9.17) is 5.26 Å². The molecule has 0 spiro atoms. The SMILES string of the molecule is Cc1cccc(C2CC(=O)N(c3ccc(C#N)cc3)C3=C2C(=O)CC(C)(C)C3)c1. The zero-order valence-corrected chi connectivity index (χ0v) is 17.0. The van der Waals surface area contributed by atoms with Crippen LogP contribution in [0.25, 0.3) is 0 Å². The lowest BCUT2D eigenvalue weighted by Gasteiger charge is -2.43. The minimum absolute atomic E-state index is 0.00883. The van der Waals surface area contributed by atoms with Crippen LogP contribution >= 0.6 is 0 Å². The summed E-state index contributed by atoms with van der Waals surface area (Å²) < 4.78 is 0. The molecule has 4 nitrogen and oxygen atoms in total. The van der Waals surface area contributed by atoms with Gasteiger partial charge in [0.2, 0.25) is 5.91 Å². The third kappa shape index (κ3) is 3.49. The lowest BCUT2D eigenvalue weighted by molar-refractivity contribution is -0.121. The predicted molar refractivity (Wildman–Crippen MR) is 112 cm³/mol.